The Labute approximate surface area is 132 Å². The van der Waals surface area contributed by atoms with Crippen LogP contribution < -0.4 is 0 Å². The molecule has 2 rings (SSSR count). The Morgan fingerprint density at radius 3 is 1.05 bits per heavy atom. The van der Waals surface area contributed by atoms with Gasteiger partial charge in [-0.25, -0.2) is 9.59 Å². The van der Waals surface area contributed by atoms with Crippen LogP contribution in [0.25, 0.3) is 0 Å². The number of hydrogen-bond donors (Lipinski definition) is 2. The molecule has 124 valence electrons. The van der Waals surface area contributed by atoms with Gasteiger partial charge in [0.25, 0.3) is 0 Å². The molecule has 0 amide bonds. The monoisotopic (exact) mass is 308 g/mol. The molecule has 0 aromatic carbocycles. The second-order valence-electron chi connectivity index (χ2n) is 6.81. The van der Waals surface area contributed by atoms with Crippen LogP contribution in [0, 0.1) is 11.8 Å². The zero-order chi connectivity index (χ0) is 15.9. The number of carbonyl (C=O) groups is 2. The molecule has 2 aliphatic carbocycles. The lowest BCUT2D eigenvalue weighted by atomic mass is 9.81. The van der Waals surface area contributed by atoms with E-state index in [0.29, 0.717) is 0 Å². The maximum Gasteiger partial charge on any atom is 0.332 e. The van der Waals surface area contributed by atoms with Crippen LogP contribution in [-0.4, -0.2) is 22.2 Å². The van der Waals surface area contributed by atoms with Crippen LogP contribution in [-0.2, 0) is 9.59 Å². The van der Waals surface area contributed by atoms with Gasteiger partial charge in [-0.15, -0.1) is 0 Å². The molecule has 0 saturated heterocycles. The van der Waals surface area contributed by atoms with Crippen molar-refractivity contribution in [2.24, 2.45) is 11.8 Å². The first-order valence-corrected chi connectivity index (χ1v) is 8.82. The molecule has 0 aliphatic heterocycles. The molecule has 0 heterocycles. The van der Waals surface area contributed by atoms with E-state index in [1.54, 1.807) is 0 Å². The third-order valence-corrected chi connectivity index (χ3v) is 5.28. The van der Waals surface area contributed by atoms with Crippen LogP contribution in [0.5, 0.6) is 0 Å². The summed E-state index contributed by atoms with van der Waals surface area (Å²) in [5.74, 6) is -2.16. The molecular formula is C18H28O4. The summed E-state index contributed by atoms with van der Waals surface area (Å²) in [6.07, 6.45) is 11.9. The Hall–Kier alpha value is -1.32. The second kappa shape index (κ2) is 8.35. The van der Waals surface area contributed by atoms with Crippen LogP contribution in [0.15, 0.2) is 11.1 Å². The maximum atomic E-state index is 11.9. The van der Waals surface area contributed by atoms with E-state index in [1.165, 1.54) is 0 Å². The molecule has 0 bridgehead atoms. The molecule has 0 radical (unpaired) electrons. The predicted octanol–water partition coefficient (Wildman–Crippen LogP) is 4.39. The second-order valence-corrected chi connectivity index (χ2v) is 6.81. The third kappa shape index (κ3) is 4.34. The van der Waals surface area contributed by atoms with Gasteiger partial charge in [-0.3, -0.25) is 0 Å². The summed E-state index contributed by atoms with van der Waals surface area (Å²) in [7, 11) is 0. The lowest BCUT2D eigenvalue weighted by Gasteiger charge is -2.23. The van der Waals surface area contributed by atoms with E-state index in [4.69, 9.17) is 0 Å². The normalized spacial score (nSPS) is 23.3. The summed E-state index contributed by atoms with van der Waals surface area (Å²) in [4.78, 5) is 23.7. The predicted molar refractivity (Wildman–Crippen MR) is 84.7 cm³/mol. The zero-order valence-corrected chi connectivity index (χ0v) is 13.4. The zero-order valence-electron chi connectivity index (χ0n) is 13.4. The summed E-state index contributed by atoms with van der Waals surface area (Å²) < 4.78 is 0. The van der Waals surface area contributed by atoms with E-state index >= 15 is 0 Å². The molecule has 2 fully saturated rings. The minimum atomic E-state index is -1.01. The van der Waals surface area contributed by atoms with Crippen LogP contribution in [0.3, 0.4) is 0 Å². The largest absolute Gasteiger partial charge is 0.478 e. The minimum Gasteiger partial charge on any atom is -0.478 e. The molecular weight excluding hydrogens is 280 g/mol. The highest BCUT2D eigenvalue weighted by molar-refractivity contribution is 5.99. The Bertz CT molecular complexity index is 382. The first kappa shape index (κ1) is 17.0. The van der Waals surface area contributed by atoms with Crippen molar-refractivity contribution in [3.63, 3.8) is 0 Å². The number of rotatable bonds is 4. The van der Waals surface area contributed by atoms with Gasteiger partial charge in [-0.1, -0.05) is 51.4 Å². The first-order valence-electron chi connectivity index (χ1n) is 8.82. The van der Waals surface area contributed by atoms with Gasteiger partial charge < -0.3 is 10.2 Å². The summed E-state index contributed by atoms with van der Waals surface area (Å²) >= 11 is 0. The summed E-state index contributed by atoms with van der Waals surface area (Å²) in [5, 5.41) is 19.4. The Kier molecular flexibility index (Phi) is 6.47. The molecule has 2 N–H and O–H groups in total. The van der Waals surface area contributed by atoms with Crippen molar-refractivity contribution in [3.8, 4) is 0 Å². The minimum absolute atomic E-state index is 0.0747. The van der Waals surface area contributed by atoms with Crippen LogP contribution >= 0.6 is 0 Å². The molecule has 2 saturated carbocycles. The van der Waals surface area contributed by atoms with Gasteiger partial charge in [0.05, 0.1) is 11.1 Å². The van der Waals surface area contributed by atoms with E-state index in [9.17, 15) is 19.8 Å². The van der Waals surface area contributed by atoms with E-state index in [-0.39, 0.29) is 23.0 Å². The highest BCUT2D eigenvalue weighted by Gasteiger charge is 2.32. The molecule has 4 heteroatoms. The molecule has 2 aliphatic rings. The van der Waals surface area contributed by atoms with E-state index in [1.807, 2.05) is 0 Å². The van der Waals surface area contributed by atoms with Crippen molar-refractivity contribution in [2.75, 3.05) is 0 Å². The first-order chi connectivity index (χ1) is 10.6. The smallest absolute Gasteiger partial charge is 0.332 e. The number of carboxylic acid groups (broad SMARTS) is 2. The van der Waals surface area contributed by atoms with Crippen molar-refractivity contribution < 1.29 is 19.8 Å². The van der Waals surface area contributed by atoms with E-state index in [0.717, 1.165) is 77.0 Å². The molecule has 0 unspecified atom stereocenters. The topological polar surface area (TPSA) is 74.6 Å². The lowest BCUT2D eigenvalue weighted by molar-refractivity contribution is -0.137. The summed E-state index contributed by atoms with van der Waals surface area (Å²) in [6.45, 7) is 0. The fourth-order valence-electron chi connectivity index (χ4n) is 4.16. The van der Waals surface area contributed by atoms with Crippen LogP contribution in [0.2, 0.25) is 0 Å². The molecule has 22 heavy (non-hydrogen) atoms. The van der Waals surface area contributed by atoms with Crippen molar-refractivity contribution in [1.82, 2.24) is 0 Å². The van der Waals surface area contributed by atoms with Gasteiger partial charge in [0.1, 0.15) is 0 Å². The van der Waals surface area contributed by atoms with E-state index < -0.39 is 11.9 Å². The van der Waals surface area contributed by atoms with Gasteiger partial charge in [0.2, 0.25) is 0 Å². The molecule has 0 aromatic heterocycles. The third-order valence-electron chi connectivity index (χ3n) is 5.28. The fraction of sp³-hybridized carbons (Fsp3) is 0.778. The SMILES string of the molecule is O=C(O)/C(=C(/C(=O)O)C1CCCCCC1)C1CCCCCC1. The Morgan fingerprint density at radius 1 is 0.545 bits per heavy atom. The average molecular weight is 308 g/mol. The van der Waals surface area contributed by atoms with Gasteiger partial charge in [-0.05, 0) is 37.5 Å². The van der Waals surface area contributed by atoms with Gasteiger partial charge >= 0.3 is 11.9 Å². The maximum absolute atomic E-state index is 11.9. The molecule has 4 nitrogen and oxygen atoms in total. The number of carboxylic acids is 2. The van der Waals surface area contributed by atoms with Gasteiger partial charge in [0.15, 0.2) is 0 Å². The fourth-order valence-corrected chi connectivity index (χ4v) is 4.16. The molecule has 0 atom stereocenters. The average Bonchev–Trinajstić information content (AvgIpc) is 2.88. The highest BCUT2D eigenvalue weighted by Crippen LogP contribution is 2.36. The molecule has 0 spiro atoms. The molecule has 0 aromatic rings. The van der Waals surface area contributed by atoms with E-state index in [2.05, 4.69) is 0 Å². The van der Waals surface area contributed by atoms with Gasteiger partial charge in [-0.2, -0.15) is 0 Å². The van der Waals surface area contributed by atoms with Crippen molar-refractivity contribution in [2.45, 2.75) is 77.0 Å². The van der Waals surface area contributed by atoms with Crippen molar-refractivity contribution in [3.05, 3.63) is 11.1 Å². The number of aliphatic carboxylic acids is 2. The lowest BCUT2D eigenvalue weighted by Crippen LogP contribution is -2.23. The van der Waals surface area contributed by atoms with Crippen LogP contribution in [0.1, 0.15) is 77.0 Å². The number of hydrogen-bond acceptors (Lipinski definition) is 2. The van der Waals surface area contributed by atoms with Crippen molar-refractivity contribution >= 4 is 11.9 Å². The van der Waals surface area contributed by atoms with Crippen LogP contribution in [0.4, 0.5) is 0 Å². The summed E-state index contributed by atoms with van der Waals surface area (Å²) in [6, 6.07) is 0. The van der Waals surface area contributed by atoms with Crippen molar-refractivity contribution in [1.29, 1.82) is 0 Å². The summed E-state index contributed by atoms with van der Waals surface area (Å²) in [5.41, 5.74) is 0.447. The van der Waals surface area contributed by atoms with Gasteiger partial charge in [0, 0.05) is 0 Å². The quantitative estimate of drug-likeness (QED) is 0.596. The Balaban J connectivity index is 2.36. The standard InChI is InChI=1S/C18H28O4/c19-17(20)15(13-9-5-1-2-6-10-13)16(18(21)22)14-11-7-3-4-8-12-14/h13-14H,1-12H2,(H,19,20)(H,21,22)/b16-15+. The highest BCUT2D eigenvalue weighted by atomic mass is 16.4. The Morgan fingerprint density at radius 2 is 0.818 bits per heavy atom.